The van der Waals surface area contributed by atoms with Gasteiger partial charge in [0.05, 0.1) is 6.10 Å². The second kappa shape index (κ2) is 6.87. The van der Waals surface area contributed by atoms with E-state index in [0.717, 1.165) is 50.3 Å². The molecule has 5 nitrogen and oxygen atoms in total. The first-order valence-corrected chi connectivity index (χ1v) is 9.86. The SMILES string of the molecule is C#CCCCCO[C@H]1C=C2CCN3Cc4cc5c(cc4[C@H]([C@@H]1O)[C@@H]23)OCO5. The summed E-state index contributed by atoms with van der Waals surface area (Å²) in [7, 11) is 0. The molecule has 27 heavy (non-hydrogen) atoms. The zero-order valence-electron chi connectivity index (χ0n) is 15.4. The fourth-order valence-electron chi connectivity index (χ4n) is 5.03. The van der Waals surface area contributed by atoms with Gasteiger partial charge in [-0.05, 0) is 42.5 Å². The number of aliphatic hydroxyl groups is 1. The predicted octanol–water partition coefficient (Wildman–Crippen LogP) is 2.58. The largest absolute Gasteiger partial charge is 0.454 e. The highest BCUT2D eigenvalue weighted by Gasteiger charge is 2.49. The highest BCUT2D eigenvalue weighted by molar-refractivity contribution is 5.53. The van der Waals surface area contributed by atoms with Crippen molar-refractivity contribution in [3.8, 4) is 23.8 Å². The maximum Gasteiger partial charge on any atom is 0.231 e. The van der Waals surface area contributed by atoms with Crippen LogP contribution in [0.4, 0.5) is 0 Å². The average Bonchev–Trinajstić information content (AvgIpc) is 3.29. The van der Waals surface area contributed by atoms with E-state index in [1.54, 1.807) is 0 Å². The van der Waals surface area contributed by atoms with Gasteiger partial charge in [-0.15, -0.1) is 12.3 Å². The van der Waals surface area contributed by atoms with Gasteiger partial charge in [0.1, 0.15) is 6.10 Å². The Morgan fingerprint density at radius 2 is 2.11 bits per heavy atom. The number of hydrogen-bond acceptors (Lipinski definition) is 5. The lowest BCUT2D eigenvalue weighted by Crippen LogP contribution is -2.50. The molecular weight excluding hydrogens is 342 g/mol. The quantitative estimate of drug-likeness (QED) is 0.492. The molecular formula is C22H25NO4. The number of unbranched alkanes of at least 4 members (excludes halogenated alkanes) is 2. The molecule has 0 aromatic heterocycles. The number of rotatable bonds is 5. The van der Waals surface area contributed by atoms with E-state index >= 15 is 0 Å². The number of ether oxygens (including phenoxy) is 3. The van der Waals surface area contributed by atoms with E-state index in [-0.39, 0.29) is 24.9 Å². The normalized spacial score (nSPS) is 30.4. The third-order valence-electron chi connectivity index (χ3n) is 6.28. The second-order valence-corrected chi connectivity index (χ2v) is 7.82. The van der Waals surface area contributed by atoms with Crippen LogP contribution in [0.15, 0.2) is 23.8 Å². The van der Waals surface area contributed by atoms with Gasteiger partial charge in [-0.3, -0.25) is 4.90 Å². The van der Waals surface area contributed by atoms with Crippen molar-refractivity contribution in [1.82, 2.24) is 4.90 Å². The number of terminal acetylenes is 1. The summed E-state index contributed by atoms with van der Waals surface area (Å²) in [6.07, 6.45) is 10.4. The van der Waals surface area contributed by atoms with Crippen LogP contribution in [0.5, 0.6) is 11.5 Å². The lowest BCUT2D eigenvalue weighted by atomic mass is 9.73. The summed E-state index contributed by atoms with van der Waals surface area (Å²) in [5.41, 5.74) is 3.82. The third-order valence-corrected chi connectivity index (χ3v) is 6.28. The molecule has 5 heteroatoms. The van der Waals surface area contributed by atoms with Crippen molar-refractivity contribution in [1.29, 1.82) is 0 Å². The molecule has 0 radical (unpaired) electrons. The lowest BCUT2D eigenvalue weighted by molar-refractivity contribution is -0.0432. The Labute approximate surface area is 159 Å². The molecule has 4 aliphatic rings. The van der Waals surface area contributed by atoms with Gasteiger partial charge in [0.25, 0.3) is 0 Å². The van der Waals surface area contributed by atoms with Crippen molar-refractivity contribution in [3.63, 3.8) is 0 Å². The van der Waals surface area contributed by atoms with Crippen LogP contribution in [0.2, 0.25) is 0 Å². The molecule has 1 N–H and O–H groups in total. The predicted molar refractivity (Wildman–Crippen MR) is 101 cm³/mol. The van der Waals surface area contributed by atoms with E-state index < -0.39 is 6.10 Å². The van der Waals surface area contributed by atoms with Crippen LogP contribution in [-0.2, 0) is 11.3 Å². The standard InChI is InChI=1S/C22H25NO4/c1-2-3-4-5-8-25-19-9-14-6-7-23-12-15-10-17-18(27-13-26-17)11-16(15)20(21(14)23)22(19)24/h1,9-11,19-22,24H,3-8,12-13H2/t19-,20-,21+,22+/m0/s1. The van der Waals surface area contributed by atoms with Crippen molar-refractivity contribution in [2.24, 2.45) is 0 Å². The molecule has 1 saturated heterocycles. The smallest absolute Gasteiger partial charge is 0.231 e. The number of aliphatic hydroxyl groups excluding tert-OH is 1. The molecule has 0 unspecified atom stereocenters. The van der Waals surface area contributed by atoms with E-state index in [2.05, 4.69) is 29.0 Å². The van der Waals surface area contributed by atoms with Crippen molar-refractivity contribution >= 4 is 0 Å². The van der Waals surface area contributed by atoms with Crippen LogP contribution in [-0.4, -0.2) is 48.2 Å². The number of nitrogens with zero attached hydrogens (tertiary/aromatic N) is 1. The second-order valence-electron chi connectivity index (χ2n) is 7.82. The Morgan fingerprint density at radius 1 is 1.26 bits per heavy atom. The van der Waals surface area contributed by atoms with Crippen molar-refractivity contribution in [2.75, 3.05) is 19.9 Å². The van der Waals surface area contributed by atoms with Gasteiger partial charge in [-0.2, -0.15) is 0 Å². The molecule has 1 aromatic rings. The summed E-state index contributed by atoms with van der Waals surface area (Å²) in [6, 6.07) is 4.44. The molecule has 0 saturated carbocycles. The van der Waals surface area contributed by atoms with Crippen LogP contribution in [0.1, 0.15) is 42.7 Å². The van der Waals surface area contributed by atoms with Crippen molar-refractivity contribution < 1.29 is 19.3 Å². The number of hydrogen-bond donors (Lipinski definition) is 1. The first kappa shape index (κ1) is 17.1. The zero-order valence-corrected chi connectivity index (χ0v) is 15.4. The summed E-state index contributed by atoms with van der Waals surface area (Å²) in [4.78, 5) is 2.48. The molecule has 3 aliphatic heterocycles. The average molecular weight is 367 g/mol. The number of benzene rings is 1. The van der Waals surface area contributed by atoms with E-state index in [4.69, 9.17) is 20.6 Å². The van der Waals surface area contributed by atoms with Gasteiger partial charge in [0.15, 0.2) is 11.5 Å². The zero-order chi connectivity index (χ0) is 18.4. The Hall–Kier alpha value is -2.00. The monoisotopic (exact) mass is 367 g/mol. The lowest BCUT2D eigenvalue weighted by Gasteiger charge is -2.45. The topological polar surface area (TPSA) is 51.2 Å². The summed E-state index contributed by atoms with van der Waals surface area (Å²) in [5, 5.41) is 11.2. The van der Waals surface area contributed by atoms with Crippen molar-refractivity contribution in [2.45, 2.75) is 56.4 Å². The van der Waals surface area contributed by atoms with E-state index in [9.17, 15) is 5.11 Å². The van der Waals surface area contributed by atoms with E-state index in [1.807, 2.05) is 0 Å². The van der Waals surface area contributed by atoms with Gasteiger partial charge >= 0.3 is 0 Å². The van der Waals surface area contributed by atoms with Crippen molar-refractivity contribution in [3.05, 3.63) is 34.9 Å². The van der Waals surface area contributed by atoms with Crippen LogP contribution >= 0.6 is 0 Å². The Bertz CT molecular complexity index is 811. The summed E-state index contributed by atoms with van der Waals surface area (Å²) >= 11 is 0. The molecule has 4 atom stereocenters. The molecule has 0 amide bonds. The fraction of sp³-hybridized carbons (Fsp3) is 0.545. The molecule has 0 spiro atoms. The molecule has 0 bridgehead atoms. The van der Waals surface area contributed by atoms with Gasteiger partial charge in [0.2, 0.25) is 6.79 Å². The van der Waals surface area contributed by atoms with Crippen LogP contribution < -0.4 is 9.47 Å². The maximum atomic E-state index is 11.2. The van der Waals surface area contributed by atoms with Gasteiger partial charge in [0, 0.05) is 38.1 Å². The first-order chi connectivity index (χ1) is 13.3. The molecule has 3 heterocycles. The Balaban J connectivity index is 1.43. The number of fused-ring (bicyclic) bond motifs is 3. The molecule has 1 aliphatic carbocycles. The van der Waals surface area contributed by atoms with Gasteiger partial charge < -0.3 is 19.3 Å². The fourth-order valence-corrected chi connectivity index (χ4v) is 5.03. The van der Waals surface area contributed by atoms with Crippen LogP contribution in [0.25, 0.3) is 0 Å². The third kappa shape index (κ3) is 2.84. The summed E-state index contributed by atoms with van der Waals surface area (Å²) in [6.45, 7) is 2.83. The molecule has 1 fully saturated rings. The minimum absolute atomic E-state index is 0.0152. The Kier molecular flexibility index (Phi) is 4.35. The molecule has 1 aromatic carbocycles. The minimum atomic E-state index is -0.564. The molecule has 5 rings (SSSR count). The molecule has 142 valence electrons. The summed E-state index contributed by atoms with van der Waals surface area (Å²) < 4.78 is 17.2. The Morgan fingerprint density at radius 3 is 2.96 bits per heavy atom. The highest BCUT2D eigenvalue weighted by Crippen LogP contribution is 2.49. The van der Waals surface area contributed by atoms with E-state index in [0.29, 0.717) is 6.61 Å². The van der Waals surface area contributed by atoms with Gasteiger partial charge in [-0.1, -0.05) is 11.6 Å². The van der Waals surface area contributed by atoms with Gasteiger partial charge in [-0.25, -0.2) is 0 Å². The highest BCUT2D eigenvalue weighted by atomic mass is 16.7. The summed E-state index contributed by atoms with van der Waals surface area (Å²) in [5.74, 6) is 4.28. The minimum Gasteiger partial charge on any atom is -0.454 e. The van der Waals surface area contributed by atoms with Crippen LogP contribution in [0, 0.1) is 12.3 Å². The van der Waals surface area contributed by atoms with Crippen LogP contribution in [0.3, 0.4) is 0 Å². The maximum absolute atomic E-state index is 11.2. The van der Waals surface area contributed by atoms with E-state index in [1.165, 1.54) is 16.7 Å². The first-order valence-electron chi connectivity index (χ1n) is 9.86.